The molecule has 0 radical (unpaired) electrons. The van der Waals surface area contributed by atoms with Crippen molar-refractivity contribution in [3.8, 4) is 0 Å². The molecule has 0 spiro atoms. The van der Waals surface area contributed by atoms with Crippen LogP contribution in [0.15, 0.2) is 88.3 Å². The van der Waals surface area contributed by atoms with Crippen LogP contribution in [0.4, 0.5) is 8.78 Å². The van der Waals surface area contributed by atoms with Crippen LogP contribution in [-0.4, -0.2) is 44.6 Å². The number of fused-ring (bicyclic) bond motifs is 3. The van der Waals surface area contributed by atoms with Crippen LogP contribution in [0.25, 0.3) is 0 Å². The molecular formula is C29H28F2N3O2S+. The maximum absolute atomic E-state index is 13.8. The molecule has 3 aromatic carbocycles. The van der Waals surface area contributed by atoms with E-state index in [1.54, 1.807) is 17.8 Å². The van der Waals surface area contributed by atoms with Crippen molar-refractivity contribution in [3.05, 3.63) is 113 Å². The number of aliphatic hydroxyl groups is 1. The molecule has 0 unspecified atom stereocenters. The van der Waals surface area contributed by atoms with E-state index >= 15 is 0 Å². The first-order valence-electron chi connectivity index (χ1n) is 12.6. The summed E-state index contributed by atoms with van der Waals surface area (Å²) in [6.45, 7) is 3.50. The number of halogens is 2. The molecule has 2 bridgehead atoms. The van der Waals surface area contributed by atoms with Gasteiger partial charge in [-0.3, -0.25) is 0 Å². The zero-order valence-corrected chi connectivity index (χ0v) is 21.1. The molecule has 7 rings (SSSR count). The van der Waals surface area contributed by atoms with Gasteiger partial charge in [0.2, 0.25) is 5.82 Å². The Kier molecular flexibility index (Phi) is 6.34. The molecule has 190 valence electrons. The highest BCUT2D eigenvalue weighted by Crippen LogP contribution is 2.43. The van der Waals surface area contributed by atoms with Gasteiger partial charge in [0.1, 0.15) is 0 Å². The molecule has 37 heavy (non-hydrogen) atoms. The zero-order valence-electron chi connectivity index (χ0n) is 20.3. The fraction of sp³-hybridized carbons (Fsp3) is 0.310. The van der Waals surface area contributed by atoms with E-state index in [4.69, 9.17) is 9.51 Å². The maximum atomic E-state index is 13.8. The molecule has 3 saturated heterocycles. The molecule has 1 atom stereocenters. The van der Waals surface area contributed by atoms with Crippen LogP contribution in [-0.2, 0) is 12.1 Å². The molecule has 1 N–H and O–H groups in total. The second-order valence-corrected chi connectivity index (χ2v) is 11.5. The van der Waals surface area contributed by atoms with Crippen molar-refractivity contribution in [1.29, 1.82) is 0 Å². The number of thioether (sulfide) groups is 1. The third kappa shape index (κ3) is 4.58. The predicted octanol–water partition coefficient (Wildman–Crippen LogP) is 5.53. The summed E-state index contributed by atoms with van der Waals surface area (Å²) in [6.07, 6.45) is 2.14. The van der Waals surface area contributed by atoms with Gasteiger partial charge in [-0.05, 0) is 35.2 Å². The summed E-state index contributed by atoms with van der Waals surface area (Å²) in [7, 11) is 0. The summed E-state index contributed by atoms with van der Waals surface area (Å²) < 4.78 is 33.8. The minimum atomic E-state index is -1.54. The van der Waals surface area contributed by atoms with Gasteiger partial charge in [0, 0.05) is 17.7 Å². The van der Waals surface area contributed by atoms with Crippen LogP contribution in [0.5, 0.6) is 0 Å². The Labute approximate surface area is 218 Å². The Morgan fingerprint density at radius 1 is 0.919 bits per heavy atom. The molecular weight excluding hydrogens is 492 g/mol. The number of benzene rings is 3. The average Bonchev–Trinajstić information content (AvgIpc) is 3.40. The molecule has 8 heteroatoms. The Morgan fingerprint density at radius 3 is 2.19 bits per heavy atom. The molecule has 0 amide bonds. The van der Waals surface area contributed by atoms with Crippen molar-refractivity contribution in [2.45, 2.75) is 35.1 Å². The number of nitrogens with zero attached hydrogens (tertiary/aromatic N) is 3. The Hall–Kier alpha value is -3.07. The minimum Gasteiger partial charge on any atom is -0.373 e. The van der Waals surface area contributed by atoms with Crippen molar-refractivity contribution in [3.63, 3.8) is 0 Å². The third-order valence-electron chi connectivity index (χ3n) is 7.87. The minimum absolute atomic E-state index is 0.220. The van der Waals surface area contributed by atoms with E-state index in [9.17, 15) is 13.9 Å². The molecule has 4 heterocycles. The largest absolute Gasteiger partial charge is 0.373 e. The number of rotatable bonds is 7. The second-order valence-electron chi connectivity index (χ2n) is 10.2. The monoisotopic (exact) mass is 520 g/mol. The van der Waals surface area contributed by atoms with E-state index in [0.29, 0.717) is 34.7 Å². The van der Waals surface area contributed by atoms with E-state index in [1.165, 1.54) is 12.1 Å². The van der Waals surface area contributed by atoms with Gasteiger partial charge in [-0.1, -0.05) is 65.8 Å². The molecule has 0 aliphatic carbocycles. The summed E-state index contributed by atoms with van der Waals surface area (Å²) in [4.78, 5) is 5.48. The molecule has 3 fully saturated rings. The lowest BCUT2D eigenvalue weighted by Gasteiger charge is -2.51. The number of hydrogen-bond donors (Lipinski definition) is 1. The van der Waals surface area contributed by atoms with Crippen molar-refractivity contribution in [2.24, 2.45) is 5.92 Å². The Bertz CT molecular complexity index is 1330. The van der Waals surface area contributed by atoms with E-state index in [2.05, 4.69) is 5.16 Å². The lowest BCUT2D eigenvalue weighted by molar-refractivity contribution is -0.955. The highest BCUT2D eigenvalue weighted by Gasteiger charge is 2.47. The van der Waals surface area contributed by atoms with Crippen LogP contribution in [0.1, 0.15) is 35.7 Å². The molecule has 5 nitrogen and oxygen atoms in total. The predicted molar refractivity (Wildman–Crippen MR) is 137 cm³/mol. The van der Waals surface area contributed by atoms with Crippen LogP contribution >= 0.6 is 11.8 Å². The van der Waals surface area contributed by atoms with E-state index in [-0.39, 0.29) is 5.82 Å². The normalized spacial score (nSPS) is 23.3. The third-order valence-corrected chi connectivity index (χ3v) is 9.23. The molecule has 4 aromatic rings. The molecule has 0 saturated carbocycles. The van der Waals surface area contributed by atoms with Crippen molar-refractivity contribution in [2.75, 3.05) is 19.6 Å². The summed E-state index contributed by atoms with van der Waals surface area (Å²) in [5, 5.41) is 16.5. The van der Waals surface area contributed by atoms with Crippen molar-refractivity contribution < 1.29 is 22.9 Å². The second kappa shape index (κ2) is 9.67. The van der Waals surface area contributed by atoms with Crippen LogP contribution < -0.4 is 0 Å². The SMILES string of the molecule is OC(c1ccccc1)(c1ccccc1)c1noc(C[N+]23CCC(CC2)[C@@H](Sc2ccc(F)c(F)c2)C3)n1. The number of aromatic nitrogens is 2. The highest BCUT2D eigenvalue weighted by atomic mass is 32.2. The lowest BCUT2D eigenvalue weighted by atomic mass is 9.85. The van der Waals surface area contributed by atoms with Gasteiger partial charge in [-0.2, -0.15) is 4.98 Å². The van der Waals surface area contributed by atoms with Crippen LogP contribution in [0.2, 0.25) is 0 Å². The van der Waals surface area contributed by atoms with Crippen LogP contribution in [0.3, 0.4) is 0 Å². The smallest absolute Gasteiger partial charge is 0.282 e. The quantitative estimate of drug-likeness (QED) is 0.325. The molecule has 3 aliphatic heterocycles. The summed E-state index contributed by atoms with van der Waals surface area (Å²) in [5.74, 6) is -0.356. The molecule has 3 aliphatic rings. The fourth-order valence-corrected chi connectivity index (χ4v) is 7.36. The summed E-state index contributed by atoms with van der Waals surface area (Å²) in [6, 6.07) is 22.9. The topological polar surface area (TPSA) is 59.2 Å². The van der Waals surface area contributed by atoms with E-state index in [0.717, 1.165) is 41.9 Å². The zero-order chi connectivity index (χ0) is 25.5. The number of quaternary nitrogens is 1. The highest BCUT2D eigenvalue weighted by molar-refractivity contribution is 8.00. The maximum Gasteiger partial charge on any atom is 0.282 e. The van der Waals surface area contributed by atoms with Gasteiger partial charge in [0.15, 0.2) is 23.8 Å². The summed E-state index contributed by atoms with van der Waals surface area (Å²) in [5.41, 5.74) is -0.200. The van der Waals surface area contributed by atoms with Gasteiger partial charge >= 0.3 is 0 Å². The fourth-order valence-electron chi connectivity index (χ4n) is 5.84. The van der Waals surface area contributed by atoms with Gasteiger partial charge < -0.3 is 14.1 Å². The Balaban J connectivity index is 1.25. The van der Waals surface area contributed by atoms with E-state index < -0.39 is 17.2 Å². The van der Waals surface area contributed by atoms with Crippen LogP contribution in [0, 0.1) is 17.6 Å². The van der Waals surface area contributed by atoms with Gasteiger partial charge in [0.05, 0.1) is 24.9 Å². The Morgan fingerprint density at radius 2 is 1.57 bits per heavy atom. The molecule has 1 aromatic heterocycles. The summed E-state index contributed by atoms with van der Waals surface area (Å²) >= 11 is 1.63. The first kappa shape index (κ1) is 24.3. The van der Waals surface area contributed by atoms with E-state index in [1.807, 2.05) is 60.7 Å². The first-order chi connectivity index (χ1) is 18.0. The van der Waals surface area contributed by atoms with Gasteiger partial charge in [-0.15, -0.1) is 11.8 Å². The van der Waals surface area contributed by atoms with Gasteiger partial charge in [-0.25, -0.2) is 8.78 Å². The first-order valence-corrected chi connectivity index (χ1v) is 13.5. The van der Waals surface area contributed by atoms with Gasteiger partial charge in [0.25, 0.3) is 5.89 Å². The van der Waals surface area contributed by atoms with Crippen molar-refractivity contribution >= 4 is 11.8 Å². The number of piperidine rings is 3. The van der Waals surface area contributed by atoms with Crippen molar-refractivity contribution in [1.82, 2.24) is 10.1 Å². The number of hydrogen-bond acceptors (Lipinski definition) is 5. The average molecular weight is 521 g/mol. The standard InChI is InChI=1S/C29H28F2N3O2S/c30-24-12-11-23(17-25(24)31)37-26-18-34(15-13-20(26)14-16-34)19-27-32-28(33-36-27)29(35,21-7-3-1-4-8-21)22-9-5-2-6-10-22/h1-12,17,20,26,35H,13-16,18-19H2/q+1/t20?,26-,34?/m0/s1. The lowest BCUT2D eigenvalue weighted by Crippen LogP contribution is -2.62.